The lowest BCUT2D eigenvalue weighted by Crippen LogP contribution is -2.53. The van der Waals surface area contributed by atoms with Crippen LogP contribution in [0.25, 0.3) is 0 Å². The summed E-state index contributed by atoms with van der Waals surface area (Å²) in [5.41, 5.74) is 3.70. The third-order valence-corrected chi connectivity index (χ3v) is 11.8. The van der Waals surface area contributed by atoms with Crippen LogP contribution in [0.1, 0.15) is 48.3 Å². The van der Waals surface area contributed by atoms with Gasteiger partial charge in [0, 0.05) is 29.5 Å². The number of ether oxygens (including phenoxy) is 1. The van der Waals surface area contributed by atoms with Crippen molar-refractivity contribution in [2.75, 3.05) is 19.1 Å². The van der Waals surface area contributed by atoms with E-state index in [1.54, 1.807) is 60.7 Å². The Hall–Kier alpha value is -5.13. The van der Waals surface area contributed by atoms with Crippen molar-refractivity contribution < 1.29 is 38.9 Å². The summed E-state index contributed by atoms with van der Waals surface area (Å²) in [6.07, 6.45) is 4.01. The van der Waals surface area contributed by atoms with Gasteiger partial charge in [-0.05, 0) is 73.1 Å². The summed E-state index contributed by atoms with van der Waals surface area (Å²) in [6.45, 7) is 3.80. The van der Waals surface area contributed by atoms with Gasteiger partial charge in [-0.15, -0.1) is 6.58 Å². The molecule has 11 nitrogen and oxygen atoms in total. The van der Waals surface area contributed by atoms with Crippen molar-refractivity contribution in [3.63, 3.8) is 0 Å². The molecular weight excluding hydrogens is 721 g/mol. The third-order valence-electron chi connectivity index (χ3n) is 11.3. The zero-order chi connectivity index (χ0) is 37.8. The Morgan fingerprint density at radius 1 is 1.04 bits per heavy atom. The van der Waals surface area contributed by atoms with E-state index in [2.05, 4.69) is 12.0 Å². The second-order valence-electron chi connectivity index (χ2n) is 13.9. The van der Waals surface area contributed by atoms with Gasteiger partial charge in [0.25, 0.3) is 11.8 Å². The molecule has 0 radical (unpaired) electrons. The van der Waals surface area contributed by atoms with Crippen LogP contribution in [-0.2, 0) is 35.8 Å². The lowest BCUT2D eigenvalue weighted by molar-refractivity contribution is -0.142. The van der Waals surface area contributed by atoms with Gasteiger partial charge in [0.15, 0.2) is 0 Å². The standard InChI is InChI=1S/C40H37Cl2N3O8/c1-3-6-21-7-4-8-27(35(21)48)34-25-15-16-26-33(38(51)44(36(26)49)18-5-9-32(46)47)28(25)20-29-37(50)45(43-31-17-12-23(41)19-30(31)42)39(52)40(29,34)22-10-13-24(53-2)14-11-22/h3-4,7-8,10-15,17,19,26,28-29,33-34,43,48H,1,5-6,9,16,18,20H2,2H3,(H,46,47). The molecule has 0 aromatic heterocycles. The highest BCUT2D eigenvalue weighted by atomic mass is 35.5. The molecule has 4 amide bonds. The molecule has 4 aliphatic rings. The van der Waals surface area contributed by atoms with Crippen molar-refractivity contribution in [1.29, 1.82) is 0 Å². The van der Waals surface area contributed by atoms with Crippen LogP contribution in [0.5, 0.6) is 11.5 Å². The number of allylic oxidation sites excluding steroid dienone is 3. The maximum absolute atomic E-state index is 15.4. The lowest BCUT2D eigenvalue weighted by Gasteiger charge is -2.50. The molecule has 13 heteroatoms. The topological polar surface area (TPSA) is 154 Å². The van der Waals surface area contributed by atoms with E-state index in [0.29, 0.717) is 39.5 Å². The maximum atomic E-state index is 15.4. The van der Waals surface area contributed by atoms with Crippen LogP contribution >= 0.6 is 23.2 Å². The molecule has 3 fully saturated rings. The van der Waals surface area contributed by atoms with Crippen LogP contribution in [0, 0.1) is 23.7 Å². The molecule has 2 aliphatic carbocycles. The number of carboxylic acids is 1. The molecule has 6 unspecified atom stereocenters. The molecule has 7 rings (SSSR count). The number of hydrogen-bond donors (Lipinski definition) is 3. The molecule has 0 bridgehead atoms. The van der Waals surface area contributed by atoms with Crippen LogP contribution in [0.2, 0.25) is 10.0 Å². The normalized spacial score (nSPS) is 26.2. The van der Waals surface area contributed by atoms with Crippen molar-refractivity contribution in [2.45, 2.75) is 43.4 Å². The molecular formula is C40H37Cl2N3O8. The number of carbonyl (C=O) groups is 5. The number of hydrazine groups is 1. The number of rotatable bonds is 11. The van der Waals surface area contributed by atoms with E-state index in [0.717, 1.165) is 9.91 Å². The van der Waals surface area contributed by atoms with E-state index in [1.807, 2.05) is 6.08 Å². The second-order valence-corrected chi connectivity index (χ2v) is 14.7. The molecule has 3 aromatic rings. The number of anilines is 1. The summed E-state index contributed by atoms with van der Waals surface area (Å²) < 4.78 is 5.45. The molecule has 2 saturated heterocycles. The Morgan fingerprint density at radius 3 is 2.47 bits per heavy atom. The second kappa shape index (κ2) is 14.0. The molecule has 3 N–H and O–H groups in total. The van der Waals surface area contributed by atoms with Gasteiger partial charge in [0.05, 0.1) is 41.0 Å². The number of carbonyl (C=O) groups excluding carboxylic acids is 4. The van der Waals surface area contributed by atoms with Gasteiger partial charge in [-0.2, -0.15) is 5.01 Å². The van der Waals surface area contributed by atoms with Crippen molar-refractivity contribution >= 4 is 58.5 Å². The largest absolute Gasteiger partial charge is 0.507 e. The zero-order valence-electron chi connectivity index (χ0n) is 28.8. The van der Waals surface area contributed by atoms with Gasteiger partial charge in [-0.25, -0.2) is 0 Å². The van der Waals surface area contributed by atoms with E-state index in [4.69, 9.17) is 27.9 Å². The van der Waals surface area contributed by atoms with E-state index < -0.39 is 58.7 Å². The van der Waals surface area contributed by atoms with Crippen molar-refractivity contribution in [3.8, 4) is 11.5 Å². The molecule has 6 atom stereocenters. The number of amides is 4. The fourth-order valence-corrected chi connectivity index (χ4v) is 9.48. The van der Waals surface area contributed by atoms with Gasteiger partial charge in [-0.1, -0.05) is 71.3 Å². The number of methoxy groups -OCH3 is 1. The fourth-order valence-electron chi connectivity index (χ4n) is 9.03. The van der Waals surface area contributed by atoms with Crippen LogP contribution in [0.15, 0.2) is 85.0 Å². The van der Waals surface area contributed by atoms with Gasteiger partial charge >= 0.3 is 5.97 Å². The Bertz CT molecular complexity index is 2080. The summed E-state index contributed by atoms with van der Waals surface area (Å²) in [5, 5.41) is 22.7. The molecule has 3 aromatic carbocycles. The molecule has 2 aliphatic heterocycles. The zero-order valence-corrected chi connectivity index (χ0v) is 30.3. The molecule has 0 spiro atoms. The predicted octanol–water partition coefficient (Wildman–Crippen LogP) is 6.29. The van der Waals surface area contributed by atoms with Crippen LogP contribution in [0.3, 0.4) is 0 Å². The first-order chi connectivity index (χ1) is 25.4. The summed E-state index contributed by atoms with van der Waals surface area (Å²) in [4.78, 5) is 70.6. The van der Waals surface area contributed by atoms with Crippen molar-refractivity contribution in [1.82, 2.24) is 9.91 Å². The lowest BCUT2D eigenvalue weighted by atomic mass is 9.49. The summed E-state index contributed by atoms with van der Waals surface area (Å²) in [6, 6.07) is 16.8. The van der Waals surface area contributed by atoms with E-state index in [9.17, 15) is 29.4 Å². The van der Waals surface area contributed by atoms with Gasteiger partial charge in [-0.3, -0.25) is 34.3 Å². The number of likely N-dealkylation sites (tertiary alicyclic amines) is 1. The molecule has 2 heterocycles. The number of aliphatic carboxylic acids is 1. The van der Waals surface area contributed by atoms with Crippen LogP contribution in [0.4, 0.5) is 5.69 Å². The SMILES string of the molecule is C=CCc1cccc(C2C3=CCC4C(=O)N(CCCC(=O)O)C(=O)C4C3CC3C(=O)N(Nc4ccc(Cl)cc4Cl)C(=O)C32c2ccc(OC)cc2)c1O. The highest BCUT2D eigenvalue weighted by Gasteiger charge is 2.70. The number of phenols is 1. The number of para-hydroxylation sites is 1. The molecule has 1 saturated carbocycles. The van der Waals surface area contributed by atoms with E-state index in [-0.39, 0.29) is 54.6 Å². The average molecular weight is 759 g/mol. The van der Waals surface area contributed by atoms with Gasteiger partial charge in [0.2, 0.25) is 11.8 Å². The minimum atomic E-state index is -1.64. The number of nitrogens with zero attached hydrogens (tertiary/aromatic N) is 2. The first-order valence-electron chi connectivity index (χ1n) is 17.4. The number of nitrogens with one attached hydrogen (secondary N) is 1. The smallest absolute Gasteiger partial charge is 0.303 e. The van der Waals surface area contributed by atoms with E-state index >= 15 is 4.79 Å². The minimum Gasteiger partial charge on any atom is -0.507 e. The van der Waals surface area contributed by atoms with Crippen molar-refractivity contribution in [2.24, 2.45) is 23.7 Å². The Kier molecular flexibility index (Phi) is 9.59. The number of carboxylic acid groups (broad SMARTS) is 1. The quantitative estimate of drug-likeness (QED) is 0.151. The number of hydrogen-bond acceptors (Lipinski definition) is 8. The number of aromatic hydroxyl groups is 1. The summed E-state index contributed by atoms with van der Waals surface area (Å²) >= 11 is 12.7. The molecule has 274 valence electrons. The Labute approximate surface area is 315 Å². The summed E-state index contributed by atoms with van der Waals surface area (Å²) in [7, 11) is 1.52. The maximum Gasteiger partial charge on any atom is 0.303 e. The first-order valence-corrected chi connectivity index (χ1v) is 18.1. The number of phenolic OH excluding ortho intramolecular Hbond substituents is 1. The predicted molar refractivity (Wildman–Crippen MR) is 196 cm³/mol. The van der Waals surface area contributed by atoms with Crippen LogP contribution in [-0.4, -0.2) is 63.4 Å². The number of imide groups is 2. The Morgan fingerprint density at radius 2 is 1.79 bits per heavy atom. The fraction of sp³-hybridized carbons (Fsp3) is 0.325. The van der Waals surface area contributed by atoms with Gasteiger partial charge < -0.3 is 14.9 Å². The van der Waals surface area contributed by atoms with Gasteiger partial charge in [0.1, 0.15) is 11.5 Å². The minimum absolute atomic E-state index is 0.0387. The number of fused-ring (bicyclic) bond motifs is 4. The monoisotopic (exact) mass is 757 g/mol. The van der Waals surface area contributed by atoms with Crippen molar-refractivity contribution in [3.05, 3.63) is 112 Å². The van der Waals surface area contributed by atoms with Crippen LogP contribution < -0.4 is 10.2 Å². The highest BCUT2D eigenvalue weighted by molar-refractivity contribution is 6.36. The third kappa shape index (κ3) is 5.77. The Balaban J connectivity index is 1.44. The van der Waals surface area contributed by atoms with E-state index in [1.165, 1.54) is 13.2 Å². The number of benzene rings is 3. The first kappa shape index (κ1) is 36.2. The number of halogens is 2. The molecule has 53 heavy (non-hydrogen) atoms. The average Bonchev–Trinajstić information content (AvgIpc) is 3.51. The highest BCUT2D eigenvalue weighted by Crippen LogP contribution is 2.65. The summed E-state index contributed by atoms with van der Waals surface area (Å²) in [5.74, 6) is -6.79.